The number of carbonyl (C=O) groups is 1. The molecule has 2 atom stereocenters. The van der Waals surface area contributed by atoms with Crippen LogP contribution in [0.15, 0.2) is 53.0 Å². The number of nitrogens with two attached hydrogens (primary N) is 1. The Bertz CT molecular complexity index is 657. The van der Waals surface area contributed by atoms with Gasteiger partial charge in [-0.3, -0.25) is 4.79 Å². The van der Waals surface area contributed by atoms with Gasteiger partial charge in [0, 0.05) is 11.0 Å². The maximum Gasteiger partial charge on any atom is 0.242 e. The molecule has 0 spiro atoms. The van der Waals surface area contributed by atoms with E-state index in [1.54, 1.807) is 17.0 Å². The number of hydrogen-bond donors (Lipinski definition) is 1. The van der Waals surface area contributed by atoms with Gasteiger partial charge in [-0.1, -0.05) is 40.2 Å². The van der Waals surface area contributed by atoms with Gasteiger partial charge in [-0.05, 0) is 35.4 Å². The molecule has 1 heterocycles. The topological polar surface area (TPSA) is 46.3 Å². The lowest BCUT2D eigenvalue weighted by molar-refractivity contribution is -0.150. The van der Waals surface area contributed by atoms with Crippen molar-refractivity contribution in [1.29, 1.82) is 0 Å². The van der Waals surface area contributed by atoms with Crippen LogP contribution in [0.1, 0.15) is 17.2 Å². The molecule has 2 N–H and O–H groups in total. The Hall–Kier alpha value is -1.72. The monoisotopic (exact) mass is 348 g/mol. The first-order chi connectivity index (χ1) is 10.1. The molecule has 1 aliphatic rings. The number of halogens is 2. The fraction of sp³-hybridized carbons (Fsp3) is 0.188. The second-order valence-electron chi connectivity index (χ2n) is 5.11. The maximum absolute atomic E-state index is 12.9. The molecule has 2 aromatic rings. The van der Waals surface area contributed by atoms with Gasteiger partial charge in [0.15, 0.2) is 0 Å². The molecule has 1 fully saturated rings. The second-order valence-corrected chi connectivity index (χ2v) is 6.03. The van der Waals surface area contributed by atoms with E-state index in [1.807, 2.05) is 24.3 Å². The number of nitrogens with zero attached hydrogens (tertiary/aromatic N) is 1. The first-order valence-corrected chi connectivity index (χ1v) is 7.41. The van der Waals surface area contributed by atoms with Crippen LogP contribution in [0.5, 0.6) is 0 Å². The van der Waals surface area contributed by atoms with Crippen molar-refractivity contribution in [2.24, 2.45) is 5.73 Å². The lowest BCUT2D eigenvalue weighted by Gasteiger charge is -2.45. The summed E-state index contributed by atoms with van der Waals surface area (Å²) in [6.07, 6.45) is 0. The minimum Gasteiger partial charge on any atom is -0.328 e. The number of hydrogen-bond acceptors (Lipinski definition) is 2. The molecule has 2 aromatic carbocycles. The number of amides is 1. The van der Waals surface area contributed by atoms with Gasteiger partial charge in [0.25, 0.3) is 0 Å². The summed E-state index contributed by atoms with van der Waals surface area (Å²) in [5.41, 5.74) is 7.84. The van der Waals surface area contributed by atoms with Crippen LogP contribution < -0.4 is 5.73 Å². The van der Waals surface area contributed by atoms with Gasteiger partial charge in [0.2, 0.25) is 5.91 Å². The lowest BCUT2D eigenvalue weighted by atomic mass is 9.88. The summed E-state index contributed by atoms with van der Waals surface area (Å²) in [4.78, 5) is 13.7. The highest BCUT2D eigenvalue weighted by Crippen LogP contribution is 2.35. The van der Waals surface area contributed by atoms with Gasteiger partial charge in [0.05, 0.1) is 6.04 Å². The van der Waals surface area contributed by atoms with Crippen molar-refractivity contribution in [3.63, 3.8) is 0 Å². The predicted molar refractivity (Wildman–Crippen MR) is 81.8 cm³/mol. The number of carbonyl (C=O) groups excluding carboxylic acids is 1. The molecule has 1 saturated heterocycles. The summed E-state index contributed by atoms with van der Waals surface area (Å²) in [5, 5.41) is 0. The minimum atomic E-state index is -0.508. The molecule has 1 aliphatic heterocycles. The van der Waals surface area contributed by atoms with Crippen LogP contribution in [0.2, 0.25) is 0 Å². The Kier molecular flexibility index (Phi) is 3.78. The van der Waals surface area contributed by atoms with Crippen molar-refractivity contribution in [3.05, 3.63) is 69.9 Å². The molecule has 0 radical (unpaired) electrons. The molecule has 21 heavy (non-hydrogen) atoms. The van der Waals surface area contributed by atoms with Crippen molar-refractivity contribution in [1.82, 2.24) is 4.90 Å². The summed E-state index contributed by atoms with van der Waals surface area (Å²) < 4.78 is 13.9. The van der Waals surface area contributed by atoms with Gasteiger partial charge in [-0.15, -0.1) is 0 Å². The molecule has 0 bridgehead atoms. The van der Waals surface area contributed by atoms with Crippen molar-refractivity contribution in [2.75, 3.05) is 0 Å². The van der Waals surface area contributed by atoms with Crippen LogP contribution in [0.25, 0.3) is 0 Å². The SMILES string of the molecule is N[C@H]1C(=O)N(Cc2ccc(F)cc2)[C@@H]1c1ccc(Br)cc1. The zero-order valence-electron chi connectivity index (χ0n) is 11.2. The summed E-state index contributed by atoms with van der Waals surface area (Å²) in [6.45, 7) is 0.438. The third-order valence-corrected chi connectivity index (χ3v) is 4.25. The molecule has 0 unspecified atom stereocenters. The average Bonchev–Trinajstić information content (AvgIpc) is 2.50. The average molecular weight is 349 g/mol. The van der Waals surface area contributed by atoms with Crippen LogP contribution in [0, 0.1) is 5.82 Å². The molecule has 0 aliphatic carbocycles. The molecule has 0 saturated carbocycles. The highest BCUT2D eigenvalue weighted by Gasteiger charge is 2.45. The van der Waals surface area contributed by atoms with E-state index in [9.17, 15) is 9.18 Å². The first-order valence-electron chi connectivity index (χ1n) is 6.62. The Morgan fingerprint density at radius 3 is 2.33 bits per heavy atom. The minimum absolute atomic E-state index is 0.0766. The van der Waals surface area contributed by atoms with Crippen LogP contribution in [-0.4, -0.2) is 16.8 Å². The third kappa shape index (κ3) is 2.71. The van der Waals surface area contributed by atoms with Crippen LogP contribution in [-0.2, 0) is 11.3 Å². The predicted octanol–water partition coefficient (Wildman–Crippen LogP) is 3.00. The highest BCUT2D eigenvalue weighted by molar-refractivity contribution is 9.10. The van der Waals surface area contributed by atoms with Crippen molar-refractivity contribution >= 4 is 21.8 Å². The number of benzene rings is 2. The highest BCUT2D eigenvalue weighted by atomic mass is 79.9. The number of likely N-dealkylation sites (tertiary alicyclic amines) is 1. The van der Waals surface area contributed by atoms with E-state index >= 15 is 0 Å². The Balaban J connectivity index is 1.81. The van der Waals surface area contributed by atoms with Crippen LogP contribution in [0.3, 0.4) is 0 Å². The van der Waals surface area contributed by atoms with E-state index in [2.05, 4.69) is 15.9 Å². The lowest BCUT2D eigenvalue weighted by Crippen LogP contribution is -2.62. The van der Waals surface area contributed by atoms with E-state index < -0.39 is 6.04 Å². The van der Waals surface area contributed by atoms with Crippen molar-refractivity contribution < 1.29 is 9.18 Å². The molecule has 0 aromatic heterocycles. The summed E-state index contributed by atoms with van der Waals surface area (Å²) >= 11 is 3.39. The van der Waals surface area contributed by atoms with Gasteiger partial charge in [0.1, 0.15) is 11.9 Å². The molecule has 3 rings (SSSR count). The quantitative estimate of drug-likeness (QED) is 0.866. The van der Waals surface area contributed by atoms with Gasteiger partial charge in [-0.25, -0.2) is 4.39 Å². The van der Waals surface area contributed by atoms with Gasteiger partial charge < -0.3 is 10.6 Å². The maximum atomic E-state index is 12.9. The van der Waals surface area contributed by atoms with E-state index in [-0.39, 0.29) is 17.8 Å². The summed E-state index contributed by atoms with van der Waals surface area (Å²) in [5.74, 6) is -0.359. The molecular weight excluding hydrogens is 335 g/mol. The van der Waals surface area contributed by atoms with Crippen molar-refractivity contribution in [3.8, 4) is 0 Å². The third-order valence-electron chi connectivity index (χ3n) is 3.72. The van der Waals surface area contributed by atoms with Crippen LogP contribution in [0.4, 0.5) is 4.39 Å². The smallest absolute Gasteiger partial charge is 0.242 e. The summed E-state index contributed by atoms with van der Waals surface area (Å²) in [7, 11) is 0. The standard InChI is InChI=1S/C16H14BrFN2O/c17-12-5-3-11(4-6-12)15-14(19)16(21)20(15)9-10-1-7-13(18)8-2-10/h1-8,14-15H,9,19H2/t14-,15-/m1/s1. The van der Waals surface area contributed by atoms with Crippen molar-refractivity contribution in [2.45, 2.75) is 18.6 Å². The van der Waals surface area contributed by atoms with Crippen LogP contribution >= 0.6 is 15.9 Å². The van der Waals surface area contributed by atoms with E-state index in [0.717, 1.165) is 15.6 Å². The Morgan fingerprint density at radius 1 is 1.10 bits per heavy atom. The van der Waals surface area contributed by atoms with E-state index in [1.165, 1.54) is 12.1 Å². The Morgan fingerprint density at radius 2 is 1.71 bits per heavy atom. The molecule has 108 valence electrons. The first kappa shape index (κ1) is 14.2. The molecular formula is C16H14BrFN2O. The van der Waals surface area contributed by atoms with E-state index in [0.29, 0.717) is 6.54 Å². The van der Waals surface area contributed by atoms with E-state index in [4.69, 9.17) is 5.73 Å². The zero-order valence-corrected chi connectivity index (χ0v) is 12.8. The number of β-lactam (4-membered cyclic amide) rings is 1. The second kappa shape index (κ2) is 5.58. The molecule has 1 amide bonds. The molecule has 5 heteroatoms. The van der Waals surface area contributed by atoms with Gasteiger partial charge >= 0.3 is 0 Å². The summed E-state index contributed by atoms with van der Waals surface area (Å²) in [6, 6.07) is 13.3. The zero-order chi connectivity index (χ0) is 15.0. The fourth-order valence-electron chi connectivity index (χ4n) is 2.59. The Labute approximate surface area is 130 Å². The molecule has 3 nitrogen and oxygen atoms in total. The fourth-order valence-corrected chi connectivity index (χ4v) is 2.85. The van der Waals surface area contributed by atoms with Gasteiger partial charge in [-0.2, -0.15) is 0 Å². The largest absolute Gasteiger partial charge is 0.328 e. The number of rotatable bonds is 3. The normalized spacial score (nSPS) is 21.3.